The van der Waals surface area contributed by atoms with E-state index in [4.69, 9.17) is 0 Å². The molecular weight excluding hydrogens is 370 g/mol. The Labute approximate surface area is 156 Å². The molecule has 3 rings (SSSR count). The van der Waals surface area contributed by atoms with Crippen LogP contribution in [0.1, 0.15) is 29.8 Å². The molecule has 0 bridgehead atoms. The molecule has 0 saturated heterocycles. The molecule has 1 aromatic heterocycles. The van der Waals surface area contributed by atoms with Gasteiger partial charge >= 0.3 is 0 Å². The average molecular weight is 390 g/mol. The van der Waals surface area contributed by atoms with Crippen molar-refractivity contribution < 1.29 is 13.2 Å². The Morgan fingerprint density at radius 1 is 1.15 bits per heavy atom. The number of sulfonamides is 1. The highest BCUT2D eigenvalue weighted by Crippen LogP contribution is 2.27. The van der Waals surface area contributed by atoms with Gasteiger partial charge in [-0.05, 0) is 56.7 Å². The summed E-state index contributed by atoms with van der Waals surface area (Å²) >= 11 is 1.38. The lowest BCUT2D eigenvalue weighted by Gasteiger charge is -2.10. The Balaban J connectivity index is 1.84. The Kier molecular flexibility index (Phi) is 5.08. The third-order valence-corrected chi connectivity index (χ3v) is 6.15. The van der Waals surface area contributed by atoms with Crippen LogP contribution in [-0.4, -0.2) is 25.4 Å². The first-order valence-electron chi connectivity index (χ1n) is 8.05. The maximum atomic E-state index is 12.5. The molecule has 0 aliphatic carbocycles. The normalized spacial score (nSPS) is 11.8. The fraction of sp³-hybridized carbons (Fsp3) is 0.222. The molecule has 0 spiro atoms. The van der Waals surface area contributed by atoms with Gasteiger partial charge in [0, 0.05) is 11.6 Å². The van der Waals surface area contributed by atoms with E-state index in [-0.39, 0.29) is 16.5 Å². The monoisotopic (exact) mass is 389 g/mol. The molecule has 6 nitrogen and oxygen atoms in total. The molecule has 3 aromatic rings. The SMILES string of the molecule is Cc1ccc2nc(NC(=O)c3cccc(S(=O)(=O)NC(C)C)c3)sc2c1. The molecule has 0 fully saturated rings. The summed E-state index contributed by atoms with van der Waals surface area (Å²) in [6.45, 7) is 5.47. The van der Waals surface area contributed by atoms with E-state index in [2.05, 4.69) is 15.0 Å². The van der Waals surface area contributed by atoms with Crippen LogP contribution in [0.3, 0.4) is 0 Å². The van der Waals surface area contributed by atoms with E-state index < -0.39 is 15.9 Å². The summed E-state index contributed by atoms with van der Waals surface area (Å²) in [5, 5.41) is 3.22. The third kappa shape index (κ3) is 4.09. The maximum absolute atomic E-state index is 12.5. The highest BCUT2D eigenvalue weighted by atomic mass is 32.2. The minimum Gasteiger partial charge on any atom is -0.298 e. The number of anilines is 1. The van der Waals surface area contributed by atoms with E-state index in [9.17, 15) is 13.2 Å². The molecule has 0 radical (unpaired) electrons. The van der Waals surface area contributed by atoms with E-state index >= 15 is 0 Å². The number of hydrogen-bond donors (Lipinski definition) is 2. The van der Waals surface area contributed by atoms with E-state index in [1.54, 1.807) is 26.0 Å². The van der Waals surface area contributed by atoms with Gasteiger partial charge in [0.05, 0.1) is 15.1 Å². The largest absolute Gasteiger partial charge is 0.298 e. The van der Waals surface area contributed by atoms with Gasteiger partial charge in [0.1, 0.15) is 0 Å². The molecule has 1 amide bonds. The molecule has 0 saturated carbocycles. The van der Waals surface area contributed by atoms with Crippen LogP contribution in [0.5, 0.6) is 0 Å². The molecule has 1 heterocycles. The van der Waals surface area contributed by atoms with E-state index in [0.717, 1.165) is 15.8 Å². The number of carbonyl (C=O) groups excluding carboxylic acids is 1. The van der Waals surface area contributed by atoms with E-state index in [0.29, 0.717) is 5.13 Å². The zero-order chi connectivity index (χ0) is 18.9. The Morgan fingerprint density at radius 3 is 2.65 bits per heavy atom. The second-order valence-corrected chi connectivity index (χ2v) is 8.99. The number of amides is 1. The van der Waals surface area contributed by atoms with Crippen molar-refractivity contribution in [1.82, 2.24) is 9.71 Å². The maximum Gasteiger partial charge on any atom is 0.257 e. The zero-order valence-electron chi connectivity index (χ0n) is 14.6. The van der Waals surface area contributed by atoms with Gasteiger partial charge in [-0.2, -0.15) is 0 Å². The number of aromatic nitrogens is 1. The van der Waals surface area contributed by atoms with Crippen molar-refractivity contribution in [3.63, 3.8) is 0 Å². The summed E-state index contributed by atoms with van der Waals surface area (Å²) in [6, 6.07) is 11.6. The summed E-state index contributed by atoms with van der Waals surface area (Å²) in [5.74, 6) is -0.401. The van der Waals surface area contributed by atoms with Crippen LogP contribution in [-0.2, 0) is 10.0 Å². The van der Waals surface area contributed by atoms with Crippen molar-refractivity contribution >= 4 is 42.6 Å². The summed E-state index contributed by atoms with van der Waals surface area (Å²) < 4.78 is 28.0. The minimum atomic E-state index is -3.66. The number of thiazole rings is 1. The Morgan fingerprint density at radius 2 is 1.92 bits per heavy atom. The van der Waals surface area contributed by atoms with Crippen LogP contribution in [0.2, 0.25) is 0 Å². The number of nitrogens with zero attached hydrogens (tertiary/aromatic N) is 1. The number of fused-ring (bicyclic) bond motifs is 1. The van der Waals surface area contributed by atoms with Gasteiger partial charge in [-0.15, -0.1) is 0 Å². The van der Waals surface area contributed by atoms with Crippen LogP contribution in [0, 0.1) is 6.92 Å². The zero-order valence-corrected chi connectivity index (χ0v) is 16.2. The first-order valence-corrected chi connectivity index (χ1v) is 10.4. The van der Waals surface area contributed by atoms with Crippen LogP contribution >= 0.6 is 11.3 Å². The highest BCUT2D eigenvalue weighted by Gasteiger charge is 2.18. The lowest BCUT2D eigenvalue weighted by molar-refractivity contribution is 0.102. The summed E-state index contributed by atoms with van der Waals surface area (Å²) in [7, 11) is -3.66. The molecular formula is C18H19N3O3S2. The smallest absolute Gasteiger partial charge is 0.257 e. The molecule has 0 aliphatic heterocycles. The fourth-order valence-corrected chi connectivity index (χ4v) is 4.69. The van der Waals surface area contributed by atoms with Crippen LogP contribution in [0.4, 0.5) is 5.13 Å². The number of carbonyl (C=O) groups is 1. The standard InChI is InChI=1S/C18H19N3O3S2/c1-11(2)21-26(23,24)14-6-4-5-13(10-14)17(22)20-18-19-15-8-7-12(3)9-16(15)25-18/h4-11,21H,1-3H3,(H,19,20,22). The minimum absolute atomic E-state index is 0.0544. The number of rotatable bonds is 5. The summed E-state index contributed by atoms with van der Waals surface area (Å²) in [6.07, 6.45) is 0. The van der Waals surface area contributed by atoms with Crippen molar-refractivity contribution in [3.8, 4) is 0 Å². The van der Waals surface area contributed by atoms with E-state index in [1.807, 2.05) is 25.1 Å². The average Bonchev–Trinajstić information content (AvgIpc) is 2.95. The molecule has 2 N–H and O–H groups in total. The van der Waals surface area contributed by atoms with Gasteiger partial charge in [-0.1, -0.05) is 23.5 Å². The lowest BCUT2D eigenvalue weighted by Crippen LogP contribution is -2.30. The molecule has 0 unspecified atom stereocenters. The molecule has 26 heavy (non-hydrogen) atoms. The van der Waals surface area contributed by atoms with Gasteiger partial charge in [-0.25, -0.2) is 18.1 Å². The van der Waals surface area contributed by atoms with Crippen LogP contribution < -0.4 is 10.0 Å². The van der Waals surface area contributed by atoms with E-state index in [1.165, 1.54) is 23.5 Å². The lowest BCUT2D eigenvalue weighted by atomic mass is 10.2. The Bertz CT molecular complexity index is 1070. The van der Waals surface area contributed by atoms with Crippen molar-refractivity contribution in [2.75, 3.05) is 5.32 Å². The summed E-state index contributed by atoms with van der Waals surface area (Å²) in [5.41, 5.74) is 2.19. The molecule has 2 aromatic carbocycles. The second kappa shape index (κ2) is 7.14. The third-order valence-electron chi connectivity index (χ3n) is 3.56. The van der Waals surface area contributed by atoms with Crippen molar-refractivity contribution in [1.29, 1.82) is 0 Å². The summed E-state index contributed by atoms with van der Waals surface area (Å²) in [4.78, 5) is 16.9. The second-order valence-electron chi connectivity index (χ2n) is 6.25. The van der Waals surface area contributed by atoms with Gasteiger partial charge < -0.3 is 0 Å². The molecule has 0 aliphatic rings. The van der Waals surface area contributed by atoms with Crippen molar-refractivity contribution in [2.24, 2.45) is 0 Å². The number of aryl methyl sites for hydroxylation is 1. The number of hydrogen-bond acceptors (Lipinski definition) is 5. The predicted octanol–water partition coefficient (Wildman–Crippen LogP) is 3.54. The Hall–Kier alpha value is -2.29. The molecule has 8 heteroatoms. The quantitative estimate of drug-likeness (QED) is 0.698. The number of benzene rings is 2. The van der Waals surface area contributed by atoms with Gasteiger partial charge in [0.25, 0.3) is 5.91 Å². The first-order chi connectivity index (χ1) is 12.2. The van der Waals surface area contributed by atoms with Gasteiger partial charge in [-0.3, -0.25) is 10.1 Å². The van der Waals surface area contributed by atoms with Crippen LogP contribution in [0.25, 0.3) is 10.2 Å². The van der Waals surface area contributed by atoms with Crippen LogP contribution in [0.15, 0.2) is 47.4 Å². The highest BCUT2D eigenvalue weighted by molar-refractivity contribution is 7.89. The molecule has 136 valence electrons. The van der Waals surface area contributed by atoms with Gasteiger partial charge in [0.2, 0.25) is 10.0 Å². The number of nitrogens with one attached hydrogen (secondary N) is 2. The fourth-order valence-electron chi connectivity index (χ4n) is 2.44. The van der Waals surface area contributed by atoms with Crippen molar-refractivity contribution in [3.05, 3.63) is 53.6 Å². The predicted molar refractivity (Wildman–Crippen MR) is 104 cm³/mol. The molecule has 0 atom stereocenters. The topological polar surface area (TPSA) is 88.2 Å². The van der Waals surface area contributed by atoms with Crippen molar-refractivity contribution in [2.45, 2.75) is 31.7 Å². The first kappa shape index (κ1) is 18.5. The van der Waals surface area contributed by atoms with Gasteiger partial charge in [0.15, 0.2) is 5.13 Å².